The minimum absolute atomic E-state index is 0.279. The highest BCUT2D eigenvalue weighted by Crippen LogP contribution is 2.23. The molecule has 1 atom stereocenters. The highest BCUT2D eigenvalue weighted by molar-refractivity contribution is 5.70. The van der Waals surface area contributed by atoms with E-state index < -0.39 is 0 Å². The molecule has 2 heterocycles. The lowest BCUT2D eigenvalue weighted by atomic mass is 10.1. The lowest BCUT2D eigenvalue weighted by molar-refractivity contribution is 0.636. The quantitative estimate of drug-likeness (QED) is 0.753. The van der Waals surface area contributed by atoms with Crippen molar-refractivity contribution in [3.05, 3.63) is 18.5 Å². The van der Waals surface area contributed by atoms with E-state index in [2.05, 4.69) is 27.3 Å². The smallest absolute Gasteiger partial charge is 0.223 e. The van der Waals surface area contributed by atoms with Gasteiger partial charge in [0.15, 0.2) is 0 Å². The van der Waals surface area contributed by atoms with Crippen molar-refractivity contribution in [3.63, 3.8) is 0 Å². The molecule has 0 radical (unpaired) electrons. The third-order valence-corrected chi connectivity index (χ3v) is 3.26. The topological polar surface area (TPSA) is 108 Å². The van der Waals surface area contributed by atoms with Crippen molar-refractivity contribution in [1.29, 1.82) is 0 Å². The highest BCUT2D eigenvalue weighted by Gasteiger charge is 2.11. The molecule has 0 aliphatic carbocycles. The standard InChI is InChI=1S/C13H21N7.C2H6/c1-3-9(4-6-14)18-13-16-7-5-11(19-13)10-8-17-20(2)12(10)15;1-2/h5,7-9H,3-4,6,14-15H2,1-2H3,(H,16,18,19);1-2H3. The van der Waals surface area contributed by atoms with Crippen LogP contribution in [0.5, 0.6) is 0 Å². The van der Waals surface area contributed by atoms with Gasteiger partial charge in [-0.25, -0.2) is 9.97 Å². The zero-order chi connectivity index (χ0) is 16.5. The third kappa shape index (κ3) is 4.42. The van der Waals surface area contributed by atoms with Crippen LogP contribution >= 0.6 is 0 Å². The Bertz CT molecular complexity index is 565. The molecule has 2 rings (SSSR count). The van der Waals surface area contributed by atoms with Gasteiger partial charge >= 0.3 is 0 Å². The van der Waals surface area contributed by atoms with Crippen molar-refractivity contribution in [3.8, 4) is 11.3 Å². The summed E-state index contributed by atoms with van der Waals surface area (Å²) in [7, 11) is 1.80. The van der Waals surface area contributed by atoms with Gasteiger partial charge in [0, 0.05) is 19.3 Å². The number of nitrogens with one attached hydrogen (secondary N) is 1. The van der Waals surface area contributed by atoms with E-state index in [1.807, 2.05) is 19.9 Å². The minimum atomic E-state index is 0.279. The summed E-state index contributed by atoms with van der Waals surface area (Å²) in [4.78, 5) is 8.73. The Morgan fingerprint density at radius 3 is 2.64 bits per heavy atom. The Kier molecular flexibility index (Phi) is 7.31. The molecular weight excluding hydrogens is 278 g/mol. The number of hydrogen-bond donors (Lipinski definition) is 3. The maximum atomic E-state index is 5.96. The largest absolute Gasteiger partial charge is 0.383 e. The van der Waals surface area contributed by atoms with Gasteiger partial charge in [0.25, 0.3) is 0 Å². The van der Waals surface area contributed by atoms with Crippen LogP contribution in [0.15, 0.2) is 18.5 Å². The zero-order valence-electron chi connectivity index (χ0n) is 13.9. The van der Waals surface area contributed by atoms with Gasteiger partial charge in [-0.3, -0.25) is 4.68 Å². The summed E-state index contributed by atoms with van der Waals surface area (Å²) in [6.07, 6.45) is 5.28. The van der Waals surface area contributed by atoms with E-state index in [4.69, 9.17) is 11.5 Å². The van der Waals surface area contributed by atoms with Crippen LogP contribution in [0.3, 0.4) is 0 Å². The van der Waals surface area contributed by atoms with Crippen LogP contribution in [0.2, 0.25) is 0 Å². The molecule has 2 aromatic rings. The Balaban J connectivity index is 0.00000116. The molecule has 0 saturated heterocycles. The third-order valence-electron chi connectivity index (χ3n) is 3.26. The molecule has 0 fully saturated rings. The fraction of sp³-hybridized carbons (Fsp3) is 0.533. The van der Waals surface area contributed by atoms with Crippen LogP contribution in [0.4, 0.5) is 11.8 Å². The summed E-state index contributed by atoms with van der Waals surface area (Å²) >= 11 is 0. The highest BCUT2D eigenvalue weighted by atomic mass is 15.3. The summed E-state index contributed by atoms with van der Waals surface area (Å²) in [5, 5.41) is 7.42. The van der Waals surface area contributed by atoms with E-state index in [0.717, 1.165) is 24.1 Å². The van der Waals surface area contributed by atoms with Gasteiger partial charge in [0.1, 0.15) is 5.82 Å². The Labute approximate surface area is 132 Å². The lowest BCUT2D eigenvalue weighted by Gasteiger charge is -2.16. The van der Waals surface area contributed by atoms with Gasteiger partial charge in [-0.05, 0) is 25.5 Å². The minimum Gasteiger partial charge on any atom is -0.383 e. The Hall–Kier alpha value is -2.15. The molecule has 2 aromatic heterocycles. The summed E-state index contributed by atoms with van der Waals surface area (Å²) in [6, 6.07) is 2.10. The Morgan fingerprint density at radius 1 is 1.36 bits per heavy atom. The molecule has 0 amide bonds. The molecule has 0 saturated carbocycles. The number of nitrogens with zero attached hydrogens (tertiary/aromatic N) is 4. The Morgan fingerprint density at radius 2 is 2.09 bits per heavy atom. The van der Waals surface area contributed by atoms with Gasteiger partial charge in [0.05, 0.1) is 17.5 Å². The van der Waals surface area contributed by atoms with Crippen LogP contribution in [0.1, 0.15) is 33.6 Å². The molecule has 0 bridgehead atoms. The normalized spacial score (nSPS) is 11.5. The molecule has 122 valence electrons. The molecule has 5 N–H and O–H groups in total. The molecule has 1 unspecified atom stereocenters. The van der Waals surface area contributed by atoms with Gasteiger partial charge in [-0.2, -0.15) is 5.10 Å². The van der Waals surface area contributed by atoms with E-state index in [9.17, 15) is 0 Å². The van der Waals surface area contributed by atoms with Gasteiger partial charge in [-0.15, -0.1) is 0 Å². The molecular formula is C15H27N7. The number of rotatable bonds is 6. The van der Waals surface area contributed by atoms with Crippen molar-refractivity contribution >= 4 is 11.8 Å². The average molecular weight is 305 g/mol. The van der Waals surface area contributed by atoms with Gasteiger partial charge < -0.3 is 16.8 Å². The fourth-order valence-electron chi connectivity index (χ4n) is 1.98. The van der Waals surface area contributed by atoms with E-state index >= 15 is 0 Å². The van der Waals surface area contributed by atoms with E-state index in [0.29, 0.717) is 18.3 Å². The van der Waals surface area contributed by atoms with Crippen LogP contribution in [0.25, 0.3) is 11.3 Å². The number of aryl methyl sites for hydroxylation is 1. The summed E-state index contributed by atoms with van der Waals surface area (Å²) in [5.74, 6) is 1.18. The van der Waals surface area contributed by atoms with Gasteiger partial charge in [-0.1, -0.05) is 20.8 Å². The van der Waals surface area contributed by atoms with Crippen molar-refractivity contribution < 1.29 is 0 Å². The monoisotopic (exact) mass is 305 g/mol. The van der Waals surface area contributed by atoms with Crippen LogP contribution in [0, 0.1) is 0 Å². The molecule has 0 aliphatic rings. The van der Waals surface area contributed by atoms with E-state index in [-0.39, 0.29) is 6.04 Å². The van der Waals surface area contributed by atoms with Gasteiger partial charge in [0.2, 0.25) is 5.95 Å². The van der Waals surface area contributed by atoms with Crippen molar-refractivity contribution in [2.45, 2.75) is 39.7 Å². The number of aromatic nitrogens is 4. The van der Waals surface area contributed by atoms with E-state index in [1.54, 1.807) is 24.1 Å². The first kappa shape index (κ1) is 17.9. The second-order valence-corrected chi connectivity index (χ2v) is 4.66. The number of nitrogens with two attached hydrogens (primary N) is 2. The SMILES string of the molecule is CC.CCC(CCN)Nc1nccc(-c2cnn(C)c2N)n1. The number of hydrogen-bond acceptors (Lipinski definition) is 6. The average Bonchev–Trinajstić information content (AvgIpc) is 2.89. The first-order valence-corrected chi connectivity index (χ1v) is 7.73. The molecule has 7 heteroatoms. The first-order valence-electron chi connectivity index (χ1n) is 7.73. The number of nitrogen functional groups attached to an aromatic ring is 1. The predicted molar refractivity (Wildman–Crippen MR) is 91.4 cm³/mol. The van der Waals surface area contributed by atoms with Crippen LogP contribution in [-0.2, 0) is 7.05 Å². The molecule has 0 spiro atoms. The fourth-order valence-corrected chi connectivity index (χ4v) is 1.98. The summed E-state index contributed by atoms with van der Waals surface area (Å²) < 4.78 is 1.62. The van der Waals surface area contributed by atoms with Crippen molar-refractivity contribution in [2.75, 3.05) is 17.6 Å². The van der Waals surface area contributed by atoms with E-state index in [1.165, 1.54) is 0 Å². The summed E-state index contributed by atoms with van der Waals surface area (Å²) in [6.45, 7) is 6.75. The molecule has 0 aliphatic heterocycles. The number of anilines is 2. The van der Waals surface area contributed by atoms with Crippen LogP contribution < -0.4 is 16.8 Å². The summed E-state index contributed by atoms with van der Waals surface area (Å²) in [5.41, 5.74) is 13.1. The zero-order valence-corrected chi connectivity index (χ0v) is 13.9. The predicted octanol–water partition coefficient (Wildman–Crippen LogP) is 2.02. The van der Waals surface area contributed by atoms with Crippen molar-refractivity contribution in [2.24, 2.45) is 12.8 Å². The molecule has 0 aromatic carbocycles. The first-order chi connectivity index (χ1) is 10.7. The lowest BCUT2D eigenvalue weighted by Crippen LogP contribution is -2.23. The molecule has 22 heavy (non-hydrogen) atoms. The maximum Gasteiger partial charge on any atom is 0.223 e. The van der Waals surface area contributed by atoms with Crippen LogP contribution in [-0.4, -0.2) is 32.3 Å². The maximum absolute atomic E-state index is 5.96. The second-order valence-electron chi connectivity index (χ2n) is 4.66. The molecule has 7 nitrogen and oxygen atoms in total. The van der Waals surface area contributed by atoms with Crippen molar-refractivity contribution in [1.82, 2.24) is 19.7 Å². The second kappa shape index (κ2) is 8.99.